The van der Waals surface area contributed by atoms with Gasteiger partial charge in [-0.25, -0.2) is 4.98 Å². The predicted octanol–water partition coefficient (Wildman–Crippen LogP) is 4.26. The molecule has 0 bridgehead atoms. The lowest BCUT2D eigenvalue weighted by Crippen LogP contribution is -2.28. The Morgan fingerprint density at radius 2 is 1.84 bits per heavy atom. The minimum Gasteiger partial charge on any atom is -0.497 e. The van der Waals surface area contributed by atoms with Gasteiger partial charge in [-0.05, 0) is 66.9 Å². The van der Waals surface area contributed by atoms with Gasteiger partial charge in [0.25, 0.3) is 0 Å². The lowest BCUT2D eigenvalue weighted by molar-refractivity contribution is -0.118. The van der Waals surface area contributed by atoms with Gasteiger partial charge in [-0.1, -0.05) is 12.1 Å². The van der Waals surface area contributed by atoms with Crippen LogP contribution in [-0.4, -0.2) is 31.8 Å². The maximum atomic E-state index is 13.2. The van der Waals surface area contributed by atoms with E-state index in [-0.39, 0.29) is 12.7 Å². The molecule has 0 unspecified atom stereocenters. The molecule has 5 rings (SSSR count). The van der Waals surface area contributed by atoms with Crippen molar-refractivity contribution < 1.29 is 19.0 Å². The minimum absolute atomic E-state index is 0.0527. The van der Waals surface area contributed by atoms with E-state index >= 15 is 0 Å². The van der Waals surface area contributed by atoms with E-state index in [1.165, 1.54) is 0 Å². The van der Waals surface area contributed by atoms with Gasteiger partial charge in [0.15, 0.2) is 11.5 Å². The Morgan fingerprint density at radius 1 is 1.06 bits per heavy atom. The van der Waals surface area contributed by atoms with Gasteiger partial charge < -0.3 is 24.4 Å². The van der Waals surface area contributed by atoms with Crippen LogP contribution in [0.5, 0.6) is 17.2 Å². The number of ether oxygens (including phenoxy) is 3. The highest BCUT2D eigenvalue weighted by atomic mass is 16.7. The summed E-state index contributed by atoms with van der Waals surface area (Å²) in [6.07, 6.45) is 1.59. The van der Waals surface area contributed by atoms with Crippen molar-refractivity contribution in [3.05, 3.63) is 66.2 Å². The molecule has 2 aliphatic rings. The zero-order valence-corrected chi connectivity index (χ0v) is 17.4. The van der Waals surface area contributed by atoms with E-state index in [2.05, 4.69) is 10.3 Å². The first-order valence-electron chi connectivity index (χ1n) is 10.2. The number of aromatic nitrogens is 1. The quantitative estimate of drug-likeness (QED) is 0.646. The monoisotopic (exact) mass is 417 g/mol. The topological polar surface area (TPSA) is 72.9 Å². The number of amides is 1. The van der Waals surface area contributed by atoms with E-state index in [9.17, 15) is 4.79 Å². The molecule has 7 heteroatoms. The van der Waals surface area contributed by atoms with Crippen LogP contribution < -0.4 is 24.4 Å². The Hall–Kier alpha value is -3.74. The van der Waals surface area contributed by atoms with Crippen LogP contribution in [0.25, 0.3) is 0 Å². The van der Waals surface area contributed by atoms with Crippen LogP contribution in [0.3, 0.4) is 0 Å². The molecule has 0 atom stereocenters. The number of nitrogens with one attached hydrogen (secondary N) is 1. The highest BCUT2D eigenvalue weighted by molar-refractivity contribution is 6.01. The molecule has 1 amide bonds. The number of pyridine rings is 1. The highest BCUT2D eigenvalue weighted by Crippen LogP contribution is 2.51. The maximum Gasteiger partial charge on any atom is 0.236 e. The summed E-state index contributed by atoms with van der Waals surface area (Å²) in [5.41, 5.74) is 1.37. The Kier molecular flexibility index (Phi) is 4.66. The number of hydrogen-bond acceptors (Lipinski definition) is 6. The highest BCUT2D eigenvalue weighted by Gasteiger charge is 2.51. The lowest BCUT2D eigenvalue weighted by atomic mass is 9.94. The molecule has 31 heavy (non-hydrogen) atoms. The fourth-order valence-corrected chi connectivity index (χ4v) is 3.82. The van der Waals surface area contributed by atoms with Crippen LogP contribution in [0.1, 0.15) is 18.4 Å². The summed E-state index contributed by atoms with van der Waals surface area (Å²) in [6, 6.07) is 19.1. The number of anilines is 3. The number of benzene rings is 2. The van der Waals surface area contributed by atoms with Crippen molar-refractivity contribution in [3.63, 3.8) is 0 Å². The molecule has 1 N–H and O–H groups in total. The number of carbonyl (C=O) groups is 1. The summed E-state index contributed by atoms with van der Waals surface area (Å²) in [6.45, 7) is 0.219. The van der Waals surface area contributed by atoms with Gasteiger partial charge in [-0.3, -0.25) is 4.79 Å². The Balaban J connectivity index is 1.34. The molecule has 2 aromatic carbocycles. The van der Waals surface area contributed by atoms with E-state index in [1.807, 2.05) is 66.5 Å². The molecule has 0 spiro atoms. The Labute approximate surface area is 180 Å². The summed E-state index contributed by atoms with van der Waals surface area (Å²) in [5, 5.41) is 3.01. The van der Waals surface area contributed by atoms with Crippen LogP contribution in [0, 0.1) is 0 Å². The average molecular weight is 417 g/mol. The molecule has 1 aromatic heterocycles. The molecule has 1 saturated carbocycles. The summed E-state index contributed by atoms with van der Waals surface area (Å²) in [4.78, 5) is 19.8. The molecule has 0 radical (unpaired) electrons. The first kappa shape index (κ1) is 19.2. The molecule has 2 heterocycles. The van der Waals surface area contributed by atoms with Crippen molar-refractivity contribution in [2.75, 3.05) is 31.2 Å². The molecule has 1 aliphatic carbocycles. The standard InChI is InChI=1S/C24H23N3O4/c1-27(17-7-9-18(29-2)10-8-17)22-5-3-4-21(25-22)26-23(28)24(12-13-24)16-6-11-19-20(14-16)31-15-30-19/h3-11,14H,12-13,15H2,1-2H3,(H,25,26,28). The van der Waals surface area contributed by atoms with Gasteiger partial charge in [0, 0.05) is 12.7 Å². The van der Waals surface area contributed by atoms with Crippen molar-refractivity contribution in [2.24, 2.45) is 0 Å². The second-order valence-corrected chi connectivity index (χ2v) is 7.74. The number of carbonyl (C=O) groups excluding carboxylic acids is 1. The number of fused-ring (bicyclic) bond motifs is 1. The van der Waals surface area contributed by atoms with Crippen LogP contribution >= 0.6 is 0 Å². The third-order valence-corrected chi connectivity index (χ3v) is 5.89. The van der Waals surface area contributed by atoms with Crippen molar-refractivity contribution in [1.29, 1.82) is 0 Å². The number of nitrogens with zero attached hydrogens (tertiary/aromatic N) is 2. The second-order valence-electron chi connectivity index (χ2n) is 7.74. The van der Waals surface area contributed by atoms with Crippen molar-refractivity contribution in [1.82, 2.24) is 4.98 Å². The molecule has 0 saturated heterocycles. The SMILES string of the molecule is COc1ccc(N(C)c2cccc(NC(=O)C3(c4ccc5c(c4)OCO5)CC3)n2)cc1. The van der Waals surface area contributed by atoms with Crippen molar-refractivity contribution in [2.45, 2.75) is 18.3 Å². The first-order chi connectivity index (χ1) is 15.1. The maximum absolute atomic E-state index is 13.2. The molecule has 3 aromatic rings. The zero-order chi connectivity index (χ0) is 21.4. The molecular weight excluding hydrogens is 394 g/mol. The first-order valence-corrected chi connectivity index (χ1v) is 10.2. The summed E-state index contributed by atoms with van der Waals surface area (Å²) in [5.74, 6) is 3.41. The number of methoxy groups -OCH3 is 1. The fourth-order valence-electron chi connectivity index (χ4n) is 3.82. The number of hydrogen-bond donors (Lipinski definition) is 1. The van der Waals surface area contributed by atoms with Gasteiger partial charge in [0.1, 0.15) is 17.4 Å². The predicted molar refractivity (Wildman–Crippen MR) is 117 cm³/mol. The second kappa shape index (κ2) is 7.50. The van der Waals surface area contributed by atoms with Gasteiger partial charge in [0.2, 0.25) is 12.7 Å². The Bertz CT molecular complexity index is 1130. The minimum atomic E-state index is -0.541. The average Bonchev–Trinajstić information content (AvgIpc) is 3.49. The lowest BCUT2D eigenvalue weighted by Gasteiger charge is -2.20. The normalized spacial score (nSPS) is 15.3. The molecule has 158 valence electrons. The van der Waals surface area contributed by atoms with E-state index in [4.69, 9.17) is 14.2 Å². The van der Waals surface area contributed by atoms with Gasteiger partial charge in [0.05, 0.1) is 12.5 Å². The Morgan fingerprint density at radius 3 is 2.58 bits per heavy atom. The van der Waals surface area contributed by atoms with Gasteiger partial charge in [-0.2, -0.15) is 0 Å². The van der Waals surface area contributed by atoms with Crippen molar-refractivity contribution in [3.8, 4) is 17.2 Å². The van der Waals surface area contributed by atoms with Crippen LogP contribution in [0.4, 0.5) is 17.3 Å². The van der Waals surface area contributed by atoms with Gasteiger partial charge >= 0.3 is 0 Å². The zero-order valence-electron chi connectivity index (χ0n) is 17.4. The van der Waals surface area contributed by atoms with Crippen LogP contribution in [0.15, 0.2) is 60.7 Å². The van der Waals surface area contributed by atoms with Gasteiger partial charge in [-0.15, -0.1) is 0 Å². The molecule has 1 fully saturated rings. The molecule has 1 aliphatic heterocycles. The van der Waals surface area contributed by atoms with Crippen molar-refractivity contribution >= 4 is 23.2 Å². The summed E-state index contributed by atoms with van der Waals surface area (Å²) in [7, 11) is 3.58. The van der Waals surface area contributed by atoms with E-state index in [0.29, 0.717) is 11.6 Å². The van der Waals surface area contributed by atoms with Crippen LogP contribution in [-0.2, 0) is 10.2 Å². The molecule has 7 nitrogen and oxygen atoms in total. The smallest absolute Gasteiger partial charge is 0.236 e. The van der Waals surface area contributed by atoms with E-state index in [1.54, 1.807) is 13.2 Å². The number of rotatable bonds is 6. The van der Waals surface area contributed by atoms with E-state index in [0.717, 1.165) is 41.4 Å². The van der Waals surface area contributed by atoms with Crippen LogP contribution in [0.2, 0.25) is 0 Å². The fraction of sp³-hybridized carbons (Fsp3) is 0.250. The third-order valence-electron chi connectivity index (χ3n) is 5.89. The largest absolute Gasteiger partial charge is 0.497 e. The molecular formula is C24H23N3O4. The third kappa shape index (κ3) is 3.52. The summed E-state index contributed by atoms with van der Waals surface area (Å²) >= 11 is 0. The van der Waals surface area contributed by atoms with E-state index < -0.39 is 5.41 Å². The summed E-state index contributed by atoms with van der Waals surface area (Å²) < 4.78 is 16.1.